The molecule has 30 heavy (non-hydrogen) atoms. The number of anilines is 2. The van der Waals surface area contributed by atoms with E-state index in [1.807, 2.05) is 29.6 Å². The van der Waals surface area contributed by atoms with Crippen molar-refractivity contribution < 1.29 is 18.8 Å². The van der Waals surface area contributed by atoms with Gasteiger partial charge in [0.15, 0.2) is 5.13 Å². The van der Waals surface area contributed by atoms with Gasteiger partial charge in [0.1, 0.15) is 5.76 Å². The number of amides is 3. The number of carbonyl (C=O) groups is 3. The fraction of sp³-hybridized carbons (Fsp3) is 0.238. The molecule has 0 saturated carbocycles. The fourth-order valence-electron chi connectivity index (χ4n) is 3.75. The van der Waals surface area contributed by atoms with E-state index < -0.39 is 5.92 Å². The topological polar surface area (TPSA) is 105 Å². The number of carbonyl (C=O) groups excluding carboxylic acids is 3. The van der Waals surface area contributed by atoms with E-state index in [1.165, 1.54) is 11.3 Å². The summed E-state index contributed by atoms with van der Waals surface area (Å²) >= 11 is 1.33. The van der Waals surface area contributed by atoms with E-state index in [2.05, 4.69) is 15.6 Å². The van der Waals surface area contributed by atoms with Crippen LogP contribution in [0.5, 0.6) is 0 Å². The summed E-state index contributed by atoms with van der Waals surface area (Å²) in [6.07, 6.45) is 2.10. The van der Waals surface area contributed by atoms with Crippen LogP contribution in [0.1, 0.15) is 17.7 Å². The van der Waals surface area contributed by atoms with Gasteiger partial charge in [-0.3, -0.25) is 14.4 Å². The zero-order valence-electron chi connectivity index (χ0n) is 15.9. The van der Waals surface area contributed by atoms with Crippen LogP contribution < -0.4 is 10.6 Å². The van der Waals surface area contributed by atoms with Crippen molar-refractivity contribution in [2.24, 2.45) is 5.92 Å². The van der Waals surface area contributed by atoms with Crippen LogP contribution in [0.25, 0.3) is 11.3 Å². The summed E-state index contributed by atoms with van der Waals surface area (Å²) in [7, 11) is 0. The molecule has 1 aromatic carbocycles. The van der Waals surface area contributed by atoms with Crippen LogP contribution in [0.3, 0.4) is 0 Å². The first-order valence-electron chi connectivity index (χ1n) is 9.55. The molecule has 2 aromatic heterocycles. The highest BCUT2D eigenvalue weighted by Gasteiger charge is 2.35. The number of thiazole rings is 1. The average Bonchev–Trinajstić information content (AvgIpc) is 3.49. The lowest BCUT2D eigenvalue weighted by Crippen LogP contribution is -2.27. The van der Waals surface area contributed by atoms with Crippen molar-refractivity contribution in [1.29, 1.82) is 0 Å². The molecule has 5 rings (SSSR count). The number of hydrogen-bond acceptors (Lipinski definition) is 6. The van der Waals surface area contributed by atoms with E-state index >= 15 is 0 Å². The molecule has 0 aliphatic carbocycles. The Labute approximate surface area is 175 Å². The van der Waals surface area contributed by atoms with Gasteiger partial charge >= 0.3 is 0 Å². The van der Waals surface area contributed by atoms with Crippen LogP contribution in [0.2, 0.25) is 0 Å². The maximum absolute atomic E-state index is 12.7. The number of nitrogens with zero attached hydrogens (tertiary/aromatic N) is 2. The van der Waals surface area contributed by atoms with E-state index in [4.69, 9.17) is 4.42 Å². The molecule has 9 heteroatoms. The summed E-state index contributed by atoms with van der Waals surface area (Å²) in [5, 5.41) is 7.99. The Kier molecular flexibility index (Phi) is 4.59. The molecule has 2 N–H and O–H groups in total. The molecule has 0 spiro atoms. The van der Waals surface area contributed by atoms with Crippen molar-refractivity contribution in [3.8, 4) is 11.3 Å². The SMILES string of the molecule is O=C1Cc2cc(-c3csc(NC(=O)C4CC(=O)N(Cc5ccco5)C4)n3)ccc2N1. The minimum atomic E-state index is -0.420. The molecule has 152 valence electrons. The molecule has 3 amide bonds. The molecule has 2 aliphatic rings. The Balaban J connectivity index is 1.23. The van der Waals surface area contributed by atoms with E-state index in [0.717, 1.165) is 22.5 Å². The first-order chi connectivity index (χ1) is 14.5. The Morgan fingerprint density at radius 2 is 2.23 bits per heavy atom. The predicted molar refractivity (Wildman–Crippen MR) is 111 cm³/mol. The Bertz CT molecular complexity index is 1140. The second-order valence-corrected chi connectivity index (χ2v) is 8.24. The molecule has 0 radical (unpaired) electrons. The Morgan fingerprint density at radius 1 is 1.33 bits per heavy atom. The van der Waals surface area contributed by atoms with Gasteiger partial charge in [0.05, 0.1) is 30.8 Å². The van der Waals surface area contributed by atoms with E-state index in [1.54, 1.807) is 17.2 Å². The summed E-state index contributed by atoms with van der Waals surface area (Å²) in [6.45, 7) is 0.724. The van der Waals surface area contributed by atoms with Crippen molar-refractivity contribution in [2.45, 2.75) is 19.4 Å². The number of rotatable bonds is 5. The molecule has 8 nitrogen and oxygen atoms in total. The average molecular weight is 422 g/mol. The second kappa shape index (κ2) is 7.42. The number of likely N-dealkylation sites (tertiary alicyclic amines) is 1. The maximum Gasteiger partial charge on any atom is 0.231 e. The van der Waals surface area contributed by atoms with E-state index in [0.29, 0.717) is 30.4 Å². The highest BCUT2D eigenvalue weighted by Crippen LogP contribution is 2.31. The molecule has 1 saturated heterocycles. The highest BCUT2D eigenvalue weighted by atomic mass is 32.1. The third-order valence-electron chi connectivity index (χ3n) is 5.27. The summed E-state index contributed by atoms with van der Waals surface area (Å²) in [5.41, 5.74) is 3.40. The minimum absolute atomic E-state index is 0.0133. The lowest BCUT2D eigenvalue weighted by molar-refractivity contribution is -0.128. The summed E-state index contributed by atoms with van der Waals surface area (Å²) in [6, 6.07) is 9.28. The monoisotopic (exact) mass is 422 g/mol. The third-order valence-corrected chi connectivity index (χ3v) is 6.03. The number of benzene rings is 1. The zero-order chi connectivity index (χ0) is 20.7. The fourth-order valence-corrected chi connectivity index (χ4v) is 4.47. The molecule has 1 unspecified atom stereocenters. The number of hydrogen-bond donors (Lipinski definition) is 2. The first kappa shape index (κ1) is 18.6. The number of fused-ring (bicyclic) bond motifs is 1. The van der Waals surface area contributed by atoms with Gasteiger partial charge in [0.25, 0.3) is 0 Å². The van der Waals surface area contributed by atoms with Gasteiger partial charge < -0.3 is 20.0 Å². The van der Waals surface area contributed by atoms with Crippen LogP contribution >= 0.6 is 11.3 Å². The van der Waals surface area contributed by atoms with Crippen molar-refractivity contribution in [1.82, 2.24) is 9.88 Å². The highest BCUT2D eigenvalue weighted by molar-refractivity contribution is 7.14. The number of aromatic nitrogens is 1. The molecule has 1 atom stereocenters. The predicted octanol–water partition coefficient (Wildman–Crippen LogP) is 2.88. The zero-order valence-corrected chi connectivity index (χ0v) is 16.7. The molecular formula is C21H18N4O4S. The van der Waals surface area contributed by atoms with Crippen molar-refractivity contribution >= 4 is 39.9 Å². The van der Waals surface area contributed by atoms with Gasteiger partial charge in [-0.25, -0.2) is 4.98 Å². The van der Waals surface area contributed by atoms with Gasteiger partial charge in [-0.1, -0.05) is 6.07 Å². The summed E-state index contributed by atoms with van der Waals surface area (Å²) in [4.78, 5) is 42.6. The normalized spacial score (nSPS) is 17.9. The van der Waals surface area contributed by atoms with Crippen molar-refractivity contribution in [3.05, 3.63) is 53.3 Å². The van der Waals surface area contributed by atoms with Crippen LogP contribution in [0.4, 0.5) is 10.8 Å². The standard InChI is InChI=1S/C21H18N4O4S/c26-18-7-13-6-12(3-4-16(13)22-18)17-11-30-21(23-17)24-20(28)14-8-19(27)25(9-14)10-15-2-1-5-29-15/h1-6,11,14H,7-10H2,(H,22,26)(H,23,24,28). The van der Waals surface area contributed by atoms with E-state index in [-0.39, 0.29) is 24.1 Å². The molecule has 3 aromatic rings. The molecular weight excluding hydrogens is 404 g/mol. The van der Waals surface area contributed by atoms with Gasteiger partial charge in [0, 0.05) is 29.6 Å². The second-order valence-electron chi connectivity index (χ2n) is 7.38. The minimum Gasteiger partial charge on any atom is -0.467 e. The molecule has 4 heterocycles. The van der Waals surface area contributed by atoms with Gasteiger partial charge in [0.2, 0.25) is 17.7 Å². The summed E-state index contributed by atoms with van der Waals surface area (Å²) in [5.74, 6) is -0.0136. The summed E-state index contributed by atoms with van der Waals surface area (Å²) < 4.78 is 5.29. The lowest BCUT2D eigenvalue weighted by atomic mass is 10.1. The number of furan rings is 1. The van der Waals surface area contributed by atoms with Gasteiger partial charge in [-0.2, -0.15) is 0 Å². The third kappa shape index (κ3) is 3.59. The van der Waals surface area contributed by atoms with Gasteiger partial charge in [-0.05, 0) is 29.8 Å². The van der Waals surface area contributed by atoms with Crippen molar-refractivity contribution in [2.75, 3.05) is 17.2 Å². The number of nitrogens with one attached hydrogen (secondary N) is 2. The molecule has 1 fully saturated rings. The Hall–Kier alpha value is -3.46. The van der Waals surface area contributed by atoms with Crippen molar-refractivity contribution in [3.63, 3.8) is 0 Å². The first-order valence-corrected chi connectivity index (χ1v) is 10.4. The lowest BCUT2D eigenvalue weighted by Gasteiger charge is -2.14. The van der Waals surface area contributed by atoms with Gasteiger partial charge in [-0.15, -0.1) is 11.3 Å². The maximum atomic E-state index is 12.7. The van der Waals surface area contributed by atoms with Crippen LogP contribution in [-0.2, 0) is 27.3 Å². The molecule has 2 aliphatic heterocycles. The Morgan fingerprint density at radius 3 is 3.07 bits per heavy atom. The quantitative estimate of drug-likeness (QED) is 0.658. The van der Waals surface area contributed by atoms with E-state index in [9.17, 15) is 14.4 Å². The smallest absolute Gasteiger partial charge is 0.231 e. The van der Waals surface area contributed by atoms with Crippen LogP contribution in [0.15, 0.2) is 46.4 Å². The largest absolute Gasteiger partial charge is 0.467 e. The van der Waals surface area contributed by atoms with Crippen LogP contribution in [-0.4, -0.2) is 34.2 Å². The molecule has 0 bridgehead atoms. The van der Waals surface area contributed by atoms with Crippen LogP contribution in [0, 0.1) is 5.92 Å².